The highest BCUT2D eigenvalue weighted by Crippen LogP contribution is 2.26. The highest BCUT2D eigenvalue weighted by atomic mass is 32.2. The number of H-pyrrole nitrogens is 1. The van der Waals surface area contributed by atoms with Gasteiger partial charge in [0.15, 0.2) is 0 Å². The summed E-state index contributed by atoms with van der Waals surface area (Å²) in [6, 6.07) is 11.0. The Morgan fingerprint density at radius 3 is 2.32 bits per heavy atom. The van der Waals surface area contributed by atoms with Crippen LogP contribution < -0.4 is 5.32 Å². The molecule has 1 aromatic heterocycles. The number of carbonyl (C=O) groups is 1. The number of hydrogen-bond acceptors (Lipinski definition) is 4. The maximum absolute atomic E-state index is 13.8. The third-order valence-electron chi connectivity index (χ3n) is 5.35. The van der Waals surface area contributed by atoms with Gasteiger partial charge in [-0.15, -0.1) is 0 Å². The Balaban J connectivity index is 1.65. The molecule has 4 aromatic rings. The van der Waals surface area contributed by atoms with Crippen LogP contribution in [0.3, 0.4) is 0 Å². The van der Waals surface area contributed by atoms with Gasteiger partial charge < -0.3 is 5.32 Å². The normalized spacial score (nSPS) is 11.0. The number of nitrogens with zero attached hydrogens (tertiary/aromatic N) is 1. The van der Waals surface area contributed by atoms with Crippen molar-refractivity contribution in [1.82, 2.24) is 15.5 Å². The van der Waals surface area contributed by atoms with Gasteiger partial charge in [-0.1, -0.05) is 11.8 Å². The molecule has 0 bridgehead atoms. The second-order valence-corrected chi connectivity index (χ2v) is 9.96. The molecule has 0 saturated carbocycles. The predicted molar refractivity (Wildman–Crippen MR) is 130 cm³/mol. The lowest BCUT2D eigenvalue weighted by atomic mass is 10.1. The van der Waals surface area contributed by atoms with Crippen molar-refractivity contribution in [2.24, 2.45) is 0 Å². The van der Waals surface area contributed by atoms with Crippen molar-refractivity contribution < 1.29 is 26.4 Å². The van der Waals surface area contributed by atoms with Crippen molar-refractivity contribution in [2.75, 3.05) is 6.54 Å². The van der Waals surface area contributed by atoms with Crippen LogP contribution in [0.25, 0.3) is 0 Å². The molecule has 0 radical (unpaired) electrons. The molecule has 0 spiro atoms. The quantitative estimate of drug-likeness (QED) is 0.277. The summed E-state index contributed by atoms with van der Waals surface area (Å²) in [6.45, 7) is 0.364. The van der Waals surface area contributed by atoms with Crippen molar-refractivity contribution in [1.29, 1.82) is 0 Å². The van der Waals surface area contributed by atoms with E-state index in [1.807, 2.05) is 0 Å². The topological polar surface area (TPSA) is 91.9 Å². The third-order valence-corrected chi connectivity index (χ3v) is 7.14. The van der Waals surface area contributed by atoms with E-state index in [1.165, 1.54) is 42.5 Å². The Labute approximate surface area is 211 Å². The summed E-state index contributed by atoms with van der Waals surface area (Å²) >= 11 is 0. The molecule has 0 aliphatic heterocycles. The van der Waals surface area contributed by atoms with E-state index in [4.69, 9.17) is 0 Å². The van der Waals surface area contributed by atoms with Crippen LogP contribution in [0.15, 0.2) is 82.8 Å². The molecule has 1 amide bonds. The van der Waals surface area contributed by atoms with E-state index in [9.17, 15) is 26.4 Å². The molecule has 0 unspecified atom stereocenters. The van der Waals surface area contributed by atoms with Gasteiger partial charge >= 0.3 is 0 Å². The summed E-state index contributed by atoms with van der Waals surface area (Å²) in [4.78, 5) is 11.8. The van der Waals surface area contributed by atoms with Crippen molar-refractivity contribution in [3.05, 3.63) is 113 Å². The minimum Gasteiger partial charge on any atom is -0.352 e. The molecule has 3 aromatic carbocycles. The molecule has 0 aliphatic rings. The molecule has 188 valence electrons. The molecule has 0 fully saturated rings. The minimum absolute atomic E-state index is 0.0555. The molecule has 4 rings (SSSR count). The first-order valence-corrected chi connectivity index (χ1v) is 12.6. The van der Waals surface area contributed by atoms with Crippen LogP contribution in [-0.4, -0.2) is 31.1 Å². The molecule has 10 heteroatoms. The van der Waals surface area contributed by atoms with Crippen LogP contribution in [0.4, 0.5) is 13.2 Å². The van der Waals surface area contributed by atoms with Crippen LogP contribution in [0.5, 0.6) is 0 Å². The van der Waals surface area contributed by atoms with Crippen LogP contribution in [-0.2, 0) is 16.3 Å². The predicted octanol–water partition coefficient (Wildman–Crippen LogP) is 4.42. The van der Waals surface area contributed by atoms with Crippen molar-refractivity contribution in [3.8, 4) is 11.8 Å². The molecule has 0 saturated heterocycles. The van der Waals surface area contributed by atoms with Gasteiger partial charge in [0.05, 0.1) is 16.0 Å². The SMILES string of the molecule is O=C(NCCCc1cn[nH]c1)c1ccc(S(=O)(=O)c2cc(F)cc(F)c2)c(C#Cc2ccc(F)cc2)c1. The number of nitrogens with one attached hydrogen (secondary N) is 2. The number of aromatic nitrogens is 2. The minimum atomic E-state index is -4.40. The summed E-state index contributed by atoms with van der Waals surface area (Å²) in [5, 5.41) is 9.34. The van der Waals surface area contributed by atoms with Crippen molar-refractivity contribution >= 4 is 15.7 Å². The van der Waals surface area contributed by atoms with E-state index in [-0.39, 0.29) is 16.0 Å². The monoisotopic (exact) mass is 523 g/mol. The Bertz CT molecular complexity index is 1570. The van der Waals surface area contributed by atoms with Crippen LogP contribution >= 0.6 is 0 Å². The highest BCUT2D eigenvalue weighted by Gasteiger charge is 2.23. The van der Waals surface area contributed by atoms with E-state index >= 15 is 0 Å². The van der Waals surface area contributed by atoms with Crippen molar-refractivity contribution in [2.45, 2.75) is 22.6 Å². The van der Waals surface area contributed by atoms with Crippen LogP contribution in [0, 0.1) is 29.3 Å². The van der Waals surface area contributed by atoms with Gasteiger partial charge in [-0.25, -0.2) is 21.6 Å². The number of hydrogen-bond donors (Lipinski definition) is 2. The smallest absolute Gasteiger partial charge is 0.251 e. The number of benzene rings is 3. The van der Waals surface area contributed by atoms with Gasteiger partial charge in [-0.05, 0) is 73.0 Å². The van der Waals surface area contributed by atoms with E-state index in [1.54, 1.807) is 12.4 Å². The van der Waals surface area contributed by atoms with Gasteiger partial charge in [-0.2, -0.15) is 5.10 Å². The Morgan fingerprint density at radius 2 is 1.65 bits per heavy atom. The van der Waals surface area contributed by atoms with Gasteiger partial charge in [0.25, 0.3) is 5.91 Å². The molecule has 37 heavy (non-hydrogen) atoms. The van der Waals surface area contributed by atoms with Gasteiger partial charge in [0.2, 0.25) is 9.84 Å². The average molecular weight is 524 g/mol. The molecule has 0 atom stereocenters. The maximum atomic E-state index is 13.8. The van der Waals surface area contributed by atoms with E-state index in [0.717, 1.165) is 5.56 Å². The Kier molecular flexibility index (Phi) is 7.74. The van der Waals surface area contributed by atoms with Gasteiger partial charge in [0, 0.05) is 35.5 Å². The number of halogens is 3. The zero-order valence-electron chi connectivity index (χ0n) is 19.3. The number of sulfone groups is 1. The molecular formula is C27H20F3N3O3S. The van der Waals surface area contributed by atoms with Crippen molar-refractivity contribution in [3.63, 3.8) is 0 Å². The molecule has 2 N–H and O–H groups in total. The summed E-state index contributed by atoms with van der Waals surface area (Å²) in [7, 11) is -4.40. The summed E-state index contributed by atoms with van der Waals surface area (Å²) in [6.07, 6.45) is 4.81. The number of amides is 1. The fourth-order valence-corrected chi connectivity index (χ4v) is 4.93. The largest absolute Gasteiger partial charge is 0.352 e. The lowest BCUT2D eigenvalue weighted by Crippen LogP contribution is -2.25. The molecule has 0 aliphatic carbocycles. The number of carbonyl (C=O) groups excluding carboxylic acids is 1. The Morgan fingerprint density at radius 1 is 0.919 bits per heavy atom. The molecule has 1 heterocycles. The summed E-state index contributed by atoms with van der Waals surface area (Å²) in [5.41, 5.74) is 1.49. The Hall–Kier alpha value is -4.36. The third kappa shape index (κ3) is 6.45. The van der Waals surface area contributed by atoms with Gasteiger partial charge in [0.1, 0.15) is 17.5 Å². The second-order valence-electron chi connectivity index (χ2n) is 8.04. The number of aromatic amines is 1. The second kappa shape index (κ2) is 11.1. The van der Waals surface area contributed by atoms with Crippen LogP contribution in [0.1, 0.15) is 33.5 Å². The maximum Gasteiger partial charge on any atom is 0.251 e. The molecule has 6 nitrogen and oxygen atoms in total. The first-order chi connectivity index (χ1) is 17.7. The lowest BCUT2D eigenvalue weighted by molar-refractivity contribution is 0.0953. The standard InChI is InChI=1S/C27H20F3N3O3S/c28-22-8-4-18(5-9-22)3-6-20-12-21(27(34)31-11-1-2-19-16-32-33-17-19)7-10-26(20)37(35,36)25-14-23(29)13-24(30)15-25/h4-5,7-10,12-17H,1-2,11H2,(H,31,34)(H,32,33). The fourth-order valence-electron chi connectivity index (χ4n) is 3.50. The van der Waals surface area contributed by atoms with E-state index in [2.05, 4.69) is 27.4 Å². The van der Waals surface area contributed by atoms with E-state index < -0.39 is 38.1 Å². The first kappa shape index (κ1) is 25.7. The number of aryl methyl sites for hydroxylation is 1. The molecular weight excluding hydrogens is 503 g/mol. The zero-order valence-corrected chi connectivity index (χ0v) is 20.1. The van der Waals surface area contributed by atoms with Gasteiger partial charge in [-0.3, -0.25) is 9.89 Å². The average Bonchev–Trinajstić information content (AvgIpc) is 3.39. The number of rotatable bonds is 7. The summed E-state index contributed by atoms with van der Waals surface area (Å²) < 4.78 is 67.3. The van der Waals surface area contributed by atoms with E-state index in [0.29, 0.717) is 43.1 Å². The lowest BCUT2D eigenvalue weighted by Gasteiger charge is -2.10. The fraction of sp³-hybridized carbons (Fsp3) is 0.111. The first-order valence-electron chi connectivity index (χ1n) is 11.1. The summed E-state index contributed by atoms with van der Waals surface area (Å²) in [5.74, 6) is 2.43. The zero-order chi connectivity index (χ0) is 26.4. The van der Waals surface area contributed by atoms with Crippen LogP contribution in [0.2, 0.25) is 0 Å². The highest BCUT2D eigenvalue weighted by molar-refractivity contribution is 7.91.